The fourth-order valence-electron chi connectivity index (χ4n) is 2.18. The summed E-state index contributed by atoms with van der Waals surface area (Å²) in [6.07, 6.45) is 1.34. The molecular formula is C12H13N3O5. The maximum atomic E-state index is 12.2. The molecule has 0 unspecified atom stereocenters. The molecule has 0 aliphatic carbocycles. The molecule has 0 aliphatic rings. The van der Waals surface area contributed by atoms with Crippen LogP contribution in [0.5, 0.6) is 0 Å². The third kappa shape index (κ3) is 1.68. The summed E-state index contributed by atoms with van der Waals surface area (Å²) in [5, 5.41) is 0.0208. The maximum absolute atomic E-state index is 12.2. The highest BCUT2D eigenvalue weighted by atomic mass is 16.5. The molecule has 0 spiro atoms. The van der Waals surface area contributed by atoms with Crippen molar-refractivity contribution >= 4 is 22.8 Å². The molecule has 2 aromatic heterocycles. The smallest absolute Gasteiger partial charge is 0.379 e. The van der Waals surface area contributed by atoms with E-state index in [0.717, 1.165) is 11.7 Å². The van der Waals surface area contributed by atoms with Crippen LogP contribution in [0.4, 0.5) is 0 Å². The third-order valence-corrected chi connectivity index (χ3v) is 3.18. The first-order valence-corrected chi connectivity index (χ1v) is 5.69. The van der Waals surface area contributed by atoms with Crippen LogP contribution in [0.15, 0.2) is 15.8 Å². The van der Waals surface area contributed by atoms with Crippen LogP contribution >= 0.6 is 0 Å². The summed E-state index contributed by atoms with van der Waals surface area (Å²) in [4.78, 5) is 47.3. The Morgan fingerprint density at radius 2 is 1.70 bits per heavy atom. The average Bonchev–Trinajstić information content (AvgIpc) is 2.78. The summed E-state index contributed by atoms with van der Waals surface area (Å²) in [6.45, 7) is 0. The van der Waals surface area contributed by atoms with Crippen LogP contribution in [-0.2, 0) is 30.7 Å². The molecule has 8 heteroatoms. The van der Waals surface area contributed by atoms with E-state index < -0.39 is 23.0 Å². The van der Waals surface area contributed by atoms with Crippen molar-refractivity contribution in [1.29, 1.82) is 0 Å². The van der Waals surface area contributed by atoms with Crippen molar-refractivity contribution in [2.45, 2.75) is 0 Å². The number of esters is 1. The minimum atomic E-state index is -1.06. The molecule has 0 aromatic carbocycles. The van der Waals surface area contributed by atoms with Gasteiger partial charge in [0, 0.05) is 27.3 Å². The number of carbonyl (C=O) groups is 2. The number of rotatable bonds is 2. The molecule has 0 fully saturated rings. The minimum Gasteiger partial charge on any atom is -0.463 e. The Hall–Kier alpha value is -2.64. The largest absolute Gasteiger partial charge is 0.463 e. The molecule has 8 nitrogen and oxygen atoms in total. The van der Waals surface area contributed by atoms with E-state index in [1.807, 2.05) is 0 Å². The lowest BCUT2D eigenvalue weighted by Gasteiger charge is -2.06. The van der Waals surface area contributed by atoms with E-state index in [2.05, 4.69) is 4.74 Å². The first kappa shape index (κ1) is 13.8. The number of carbonyl (C=O) groups excluding carboxylic acids is 2. The van der Waals surface area contributed by atoms with Gasteiger partial charge in [-0.25, -0.2) is 9.59 Å². The van der Waals surface area contributed by atoms with Crippen LogP contribution in [0.3, 0.4) is 0 Å². The molecule has 0 amide bonds. The van der Waals surface area contributed by atoms with E-state index in [0.29, 0.717) is 0 Å². The van der Waals surface area contributed by atoms with Crippen molar-refractivity contribution < 1.29 is 14.3 Å². The lowest BCUT2D eigenvalue weighted by Crippen LogP contribution is -2.37. The van der Waals surface area contributed by atoms with Crippen LogP contribution in [0.2, 0.25) is 0 Å². The Bertz CT molecular complexity index is 853. The number of hydrogen-bond acceptors (Lipinski definition) is 5. The highest BCUT2D eigenvalue weighted by Gasteiger charge is 2.25. The Kier molecular flexibility index (Phi) is 3.09. The van der Waals surface area contributed by atoms with Gasteiger partial charge in [-0.15, -0.1) is 0 Å². The van der Waals surface area contributed by atoms with Crippen molar-refractivity contribution in [2.75, 3.05) is 7.11 Å². The average molecular weight is 279 g/mol. The monoisotopic (exact) mass is 279 g/mol. The molecular weight excluding hydrogens is 266 g/mol. The van der Waals surface area contributed by atoms with Gasteiger partial charge >= 0.3 is 11.7 Å². The highest BCUT2D eigenvalue weighted by Crippen LogP contribution is 2.16. The van der Waals surface area contributed by atoms with Gasteiger partial charge in [-0.1, -0.05) is 0 Å². The van der Waals surface area contributed by atoms with E-state index in [4.69, 9.17) is 0 Å². The number of ketones is 1. The topological polar surface area (TPSA) is 92.3 Å². The second-order valence-corrected chi connectivity index (χ2v) is 4.38. The van der Waals surface area contributed by atoms with E-state index in [1.165, 1.54) is 29.4 Å². The van der Waals surface area contributed by atoms with Gasteiger partial charge in [-0.05, 0) is 0 Å². The molecule has 0 bridgehead atoms. The number of aryl methyl sites for hydroxylation is 2. The van der Waals surface area contributed by atoms with Gasteiger partial charge in [0.15, 0.2) is 0 Å². The molecule has 20 heavy (non-hydrogen) atoms. The second kappa shape index (κ2) is 4.48. The second-order valence-electron chi connectivity index (χ2n) is 4.38. The third-order valence-electron chi connectivity index (χ3n) is 3.18. The molecule has 2 rings (SSSR count). The molecule has 0 N–H and O–H groups in total. The zero-order valence-electron chi connectivity index (χ0n) is 11.5. The van der Waals surface area contributed by atoms with Crippen molar-refractivity contribution in [3.05, 3.63) is 32.6 Å². The molecule has 0 aliphatic heterocycles. The zero-order valence-corrected chi connectivity index (χ0v) is 11.5. The van der Waals surface area contributed by atoms with E-state index >= 15 is 0 Å². The Morgan fingerprint density at radius 1 is 1.10 bits per heavy atom. The predicted octanol–water partition coefficient (Wildman–Crippen LogP) is -1.07. The lowest BCUT2D eigenvalue weighted by atomic mass is 10.1. The van der Waals surface area contributed by atoms with Crippen molar-refractivity contribution in [3.63, 3.8) is 0 Å². The number of fused-ring (bicyclic) bond motifs is 1. The fourth-order valence-corrected chi connectivity index (χ4v) is 2.18. The van der Waals surface area contributed by atoms with Gasteiger partial charge in [-0.3, -0.25) is 18.7 Å². The van der Waals surface area contributed by atoms with Crippen molar-refractivity contribution in [1.82, 2.24) is 13.7 Å². The minimum absolute atomic E-state index is 0.0208. The Balaban J connectivity index is 2.98. The van der Waals surface area contributed by atoms with Gasteiger partial charge in [0.25, 0.3) is 11.3 Å². The molecule has 0 saturated heterocycles. The Labute approximate surface area is 112 Å². The van der Waals surface area contributed by atoms with Gasteiger partial charge in [-0.2, -0.15) is 0 Å². The highest BCUT2D eigenvalue weighted by molar-refractivity contribution is 6.42. The molecule has 2 heterocycles. The zero-order chi connectivity index (χ0) is 15.2. The quantitative estimate of drug-likeness (QED) is 0.396. The summed E-state index contributed by atoms with van der Waals surface area (Å²) in [7, 11) is 5.45. The first-order chi connectivity index (χ1) is 9.31. The standard InChI is InChI=1S/C12H13N3O5/c1-13-5-6(8(16)11(18)20-4)7-9(13)14(2)12(19)15(3)10(7)17/h5H,1-4H3. The van der Waals surface area contributed by atoms with Crippen molar-refractivity contribution in [3.8, 4) is 0 Å². The molecule has 106 valence electrons. The number of methoxy groups -OCH3 is 1. The van der Waals surface area contributed by atoms with Gasteiger partial charge < -0.3 is 9.30 Å². The molecule has 0 radical (unpaired) electrons. The summed E-state index contributed by atoms with van der Waals surface area (Å²) < 4.78 is 7.95. The number of aromatic nitrogens is 3. The SMILES string of the molecule is COC(=O)C(=O)c1cn(C)c2c1c(=O)n(C)c(=O)n2C. The van der Waals surface area contributed by atoms with Crippen molar-refractivity contribution in [2.24, 2.45) is 21.1 Å². The molecule has 2 aromatic rings. The molecule has 0 atom stereocenters. The van der Waals surface area contributed by atoms with Gasteiger partial charge in [0.2, 0.25) is 0 Å². The van der Waals surface area contributed by atoms with Crippen LogP contribution in [-0.4, -0.2) is 32.6 Å². The van der Waals surface area contributed by atoms with Gasteiger partial charge in [0.1, 0.15) is 5.65 Å². The number of ether oxygens (including phenoxy) is 1. The van der Waals surface area contributed by atoms with Gasteiger partial charge in [0.05, 0.1) is 18.1 Å². The maximum Gasteiger partial charge on any atom is 0.379 e. The fraction of sp³-hybridized carbons (Fsp3) is 0.333. The first-order valence-electron chi connectivity index (χ1n) is 5.69. The van der Waals surface area contributed by atoms with Crippen LogP contribution < -0.4 is 11.2 Å². The van der Waals surface area contributed by atoms with Crippen LogP contribution in [0, 0.1) is 0 Å². The molecule has 0 saturated carbocycles. The summed E-state index contributed by atoms with van der Waals surface area (Å²) in [5.74, 6) is -1.98. The lowest BCUT2D eigenvalue weighted by molar-refractivity contribution is -0.135. The van der Waals surface area contributed by atoms with E-state index in [1.54, 1.807) is 7.05 Å². The summed E-state index contributed by atoms with van der Waals surface area (Å²) in [5.41, 5.74) is -0.951. The van der Waals surface area contributed by atoms with Crippen LogP contribution in [0.1, 0.15) is 10.4 Å². The summed E-state index contributed by atoms with van der Waals surface area (Å²) in [6, 6.07) is 0. The Morgan fingerprint density at radius 3 is 2.25 bits per heavy atom. The summed E-state index contributed by atoms with van der Waals surface area (Å²) >= 11 is 0. The van der Waals surface area contributed by atoms with E-state index in [9.17, 15) is 19.2 Å². The van der Waals surface area contributed by atoms with Crippen LogP contribution in [0.25, 0.3) is 11.0 Å². The predicted molar refractivity (Wildman–Crippen MR) is 69.7 cm³/mol. The number of Topliss-reactive ketones (excluding diaryl/α,β-unsaturated/α-hetero) is 1. The van der Waals surface area contributed by atoms with E-state index in [-0.39, 0.29) is 16.6 Å². The number of hydrogen-bond donors (Lipinski definition) is 0. The normalized spacial score (nSPS) is 10.8. The number of nitrogens with zero attached hydrogens (tertiary/aromatic N) is 3.